The van der Waals surface area contributed by atoms with Crippen LogP contribution in [0.25, 0.3) is 0 Å². The molecule has 2 N–H and O–H groups in total. The largest absolute Gasteiger partial charge is 0.481 e. The fourth-order valence-electron chi connectivity index (χ4n) is 1.55. The van der Waals surface area contributed by atoms with E-state index >= 15 is 0 Å². The first-order chi connectivity index (χ1) is 9.22. The number of aliphatic hydroxyl groups is 1. The van der Waals surface area contributed by atoms with Crippen LogP contribution in [0.15, 0.2) is 30.5 Å². The van der Waals surface area contributed by atoms with Crippen LogP contribution >= 0.6 is 0 Å². The minimum absolute atomic E-state index is 0.279. The summed E-state index contributed by atoms with van der Waals surface area (Å²) in [5, 5.41) is 11.9. The maximum absolute atomic E-state index is 13.5. The van der Waals surface area contributed by atoms with Gasteiger partial charge in [-0.2, -0.15) is 4.98 Å². The Morgan fingerprint density at radius 3 is 2.89 bits per heavy atom. The number of aliphatic hydroxyl groups excluding tert-OH is 1. The molecule has 0 amide bonds. The Morgan fingerprint density at radius 2 is 2.21 bits per heavy atom. The number of benzene rings is 1. The SMILES string of the molecule is COc1ccnc(NCc2ccc(CO)c(F)c2)n1. The van der Waals surface area contributed by atoms with Crippen molar-refractivity contribution in [1.29, 1.82) is 0 Å². The van der Waals surface area contributed by atoms with Gasteiger partial charge in [-0.25, -0.2) is 9.37 Å². The summed E-state index contributed by atoms with van der Waals surface area (Å²) in [4.78, 5) is 8.11. The first-order valence-electron chi connectivity index (χ1n) is 5.72. The summed E-state index contributed by atoms with van der Waals surface area (Å²) in [6, 6.07) is 6.31. The van der Waals surface area contributed by atoms with Crippen LogP contribution in [-0.2, 0) is 13.2 Å². The molecule has 0 saturated heterocycles. The van der Waals surface area contributed by atoms with Gasteiger partial charge in [0.2, 0.25) is 11.8 Å². The molecule has 19 heavy (non-hydrogen) atoms. The molecule has 0 spiro atoms. The molecular formula is C13H14FN3O2. The molecule has 5 nitrogen and oxygen atoms in total. The van der Waals surface area contributed by atoms with Crippen LogP contribution in [0.1, 0.15) is 11.1 Å². The van der Waals surface area contributed by atoms with E-state index in [1.807, 2.05) is 0 Å². The minimum atomic E-state index is -0.423. The molecule has 0 unspecified atom stereocenters. The smallest absolute Gasteiger partial charge is 0.226 e. The van der Waals surface area contributed by atoms with Crippen LogP contribution in [0.2, 0.25) is 0 Å². The number of methoxy groups -OCH3 is 1. The molecule has 0 saturated carbocycles. The van der Waals surface area contributed by atoms with E-state index in [-0.39, 0.29) is 12.2 Å². The first-order valence-corrected chi connectivity index (χ1v) is 5.72. The third kappa shape index (κ3) is 3.38. The van der Waals surface area contributed by atoms with Crippen molar-refractivity contribution in [3.05, 3.63) is 47.4 Å². The Hall–Kier alpha value is -2.21. The third-order valence-corrected chi connectivity index (χ3v) is 2.58. The highest BCUT2D eigenvalue weighted by Gasteiger charge is 2.03. The molecular weight excluding hydrogens is 249 g/mol. The minimum Gasteiger partial charge on any atom is -0.481 e. The Labute approximate surface area is 110 Å². The van der Waals surface area contributed by atoms with Crippen LogP contribution in [0, 0.1) is 5.82 Å². The lowest BCUT2D eigenvalue weighted by Gasteiger charge is -2.07. The third-order valence-electron chi connectivity index (χ3n) is 2.58. The van der Waals surface area contributed by atoms with Crippen LogP contribution < -0.4 is 10.1 Å². The van der Waals surface area contributed by atoms with Gasteiger partial charge in [0.25, 0.3) is 0 Å². The second kappa shape index (κ2) is 6.10. The zero-order chi connectivity index (χ0) is 13.7. The first kappa shape index (κ1) is 13.2. The fraction of sp³-hybridized carbons (Fsp3) is 0.231. The van der Waals surface area contributed by atoms with E-state index < -0.39 is 5.82 Å². The summed E-state index contributed by atoms with van der Waals surface area (Å²) < 4.78 is 18.4. The molecule has 0 atom stereocenters. The Morgan fingerprint density at radius 1 is 1.37 bits per heavy atom. The predicted molar refractivity (Wildman–Crippen MR) is 68.2 cm³/mol. The summed E-state index contributed by atoms with van der Waals surface area (Å²) in [5.41, 5.74) is 1.02. The molecule has 0 aliphatic rings. The average molecular weight is 263 g/mol. The van der Waals surface area contributed by atoms with Crippen molar-refractivity contribution in [2.45, 2.75) is 13.2 Å². The molecule has 100 valence electrons. The monoisotopic (exact) mass is 263 g/mol. The van der Waals surface area contributed by atoms with Crippen LogP contribution in [-0.4, -0.2) is 22.2 Å². The zero-order valence-corrected chi connectivity index (χ0v) is 10.4. The maximum Gasteiger partial charge on any atom is 0.226 e. The van der Waals surface area contributed by atoms with Gasteiger partial charge in [0.1, 0.15) is 5.82 Å². The number of anilines is 1. The van der Waals surface area contributed by atoms with Gasteiger partial charge in [0.05, 0.1) is 13.7 Å². The van der Waals surface area contributed by atoms with Crippen LogP contribution in [0.4, 0.5) is 10.3 Å². The maximum atomic E-state index is 13.5. The number of nitrogens with zero attached hydrogens (tertiary/aromatic N) is 2. The van der Waals surface area contributed by atoms with E-state index in [4.69, 9.17) is 9.84 Å². The van der Waals surface area contributed by atoms with Gasteiger partial charge in [-0.1, -0.05) is 12.1 Å². The summed E-state index contributed by atoms with van der Waals surface area (Å²) in [6.07, 6.45) is 1.57. The Kier molecular flexibility index (Phi) is 4.25. The molecule has 2 rings (SSSR count). The number of hydrogen-bond donors (Lipinski definition) is 2. The number of rotatable bonds is 5. The lowest BCUT2D eigenvalue weighted by molar-refractivity contribution is 0.275. The molecule has 0 bridgehead atoms. The number of ether oxygens (including phenoxy) is 1. The number of nitrogens with one attached hydrogen (secondary N) is 1. The molecule has 1 aromatic carbocycles. The molecule has 2 aromatic rings. The summed E-state index contributed by atoms with van der Waals surface area (Å²) in [6.45, 7) is 0.0777. The van der Waals surface area contributed by atoms with Gasteiger partial charge < -0.3 is 15.2 Å². The van der Waals surface area contributed by atoms with Gasteiger partial charge in [-0.3, -0.25) is 0 Å². The topological polar surface area (TPSA) is 67.3 Å². The lowest BCUT2D eigenvalue weighted by Crippen LogP contribution is -2.05. The molecule has 1 aromatic heterocycles. The quantitative estimate of drug-likeness (QED) is 0.860. The average Bonchev–Trinajstić information content (AvgIpc) is 2.45. The number of halogens is 1. The van der Waals surface area contributed by atoms with Gasteiger partial charge in [-0.15, -0.1) is 0 Å². The van der Waals surface area contributed by atoms with Crippen molar-refractivity contribution in [2.75, 3.05) is 12.4 Å². The van der Waals surface area contributed by atoms with Gasteiger partial charge in [0, 0.05) is 24.4 Å². The molecule has 6 heteroatoms. The van der Waals surface area contributed by atoms with Gasteiger partial charge >= 0.3 is 0 Å². The lowest BCUT2D eigenvalue weighted by atomic mass is 10.1. The fourth-order valence-corrected chi connectivity index (χ4v) is 1.55. The van der Waals surface area contributed by atoms with E-state index in [0.717, 1.165) is 5.56 Å². The van der Waals surface area contributed by atoms with E-state index in [1.54, 1.807) is 24.4 Å². The van der Waals surface area contributed by atoms with Crippen molar-refractivity contribution in [3.8, 4) is 5.88 Å². The molecule has 1 heterocycles. The Balaban J connectivity index is 2.03. The van der Waals surface area contributed by atoms with E-state index in [2.05, 4.69) is 15.3 Å². The van der Waals surface area contributed by atoms with Crippen molar-refractivity contribution in [2.24, 2.45) is 0 Å². The predicted octanol–water partition coefficient (Wildman–Crippen LogP) is 1.73. The van der Waals surface area contributed by atoms with Crippen molar-refractivity contribution >= 4 is 5.95 Å². The molecule has 0 fully saturated rings. The van der Waals surface area contributed by atoms with Gasteiger partial charge in [0.15, 0.2) is 0 Å². The normalized spacial score (nSPS) is 10.3. The molecule has 0 radical (unpaired) electrons. The Bertz CT molecular complexity index is 563. The van der Waals surface area contributed by atoms with E-state index in [0.29, 0.717) is 18.4 Å². The summed E-state index contributed by atoms with van der Waals surface area (Å²) in [5.74, 6) is 0.443. The number of hydrogen-bond acceptors (Lipinski definition) is 5. The summed E-state index contributed by atoms with van der Waals surface area (Å²) in [7, 11) is 1.52. The van der Waals surface area contributed by atoms with Crippen LogP contribution in [0.5, 0.6) is 5.88 Å². The highest BCUT2D eigenvalue weighted by Crippen LogP contribution is 2.12. The second-order valence-corrected chi connectivity index (χ2v) is 3.86. The highest BCUT2D eigenvalue weighted by atomic mass is 19.1. The standard InChI is InChI=1S/C13H14FN3O2/c1-19-12-4-5-15-13(17-12)16-7-9-2-3-10(8-18)11(14)6-9/h2-6,18H,7-8H2,1H3,(H,15,16,17). The van der Waals surface area contributed by atoms with E-state index in [9.17, 15) is 4.39 Å². The zero-order valence-electron chi connectivity index (χ0n) is 10.4. The second-order valence-electron chi connectivity index (χ2n) is 3.86. The summed E-state index contributed by atoms with van der Waals surface area (Å²) >= 11 is 0. The highest BCUT2D eigenvalue weighted by molar-refractivity contribution is 5.31. The van der Waals surface area contributed by atoms with Crippen molar-refractivity contribution in [3.63, 3.8) is 0 Å². The van der Waals surface area contributed by atoms with Crippen molar-refractivity contribution in [1.82, 2.24) is 9.97 Å². The van der Waals surface area contributed by atoms with Crippen molar-refractivity contribution < 1.29 is 14.2 Å². The van der Waals surface area contributed by atoms with Gasteiger partial charge in [-0.05, 0) is 11.6 Å². The number of aromatic nitrogens is 2. The van der Waals surface area contributed by atoms with Crippen LogP contribution in [0.3, 0.4) is 0 Å². The molecule has 0 aliphatic carbocycles. The van der Waals surface area contributed by atoms with E-state index in [1.165, 1.54) is 13.2 Å². The molecule has 0 aliphatic heterocycles.